The van der Waals surface area contributed by atoms with Gasteiger partial charge in [0, 0.05) is 11.9 Å². The maximum absolute atomic E-state index is 12.6. The Hall–Kier alpha value is -3.68. The summed E-state index contributed by atoms with van der Waals surface area (Å²) in [5, 5.41) is 4.93. The first-order valence-electron chi connectivity index (χ1n) is 9.34. The number of aromatic nitrogens is 2. The van der Waals surface area contributed by atoms with Crippen molar-refractivity contribution < 1.29 is 14.3 Å². The highest BCUT2D eigenvalue weighted by Gasteiger charge is 2.17. The Balaban J connectivity index is 1.69. The van der Waals surface area contributed by atoms with Crippen LogP contribution in [0.2, 0.25) is 0 Å². The molecule has 2 aromatic carbocycles. The van der Waals surface area contributed by atoms with Crippen LogP contribution in [-0.2, 0) is 17.8 Å². The number of fused-ring (bicyclic) bond motifs is 1. The van der Waals surface area contributed by atoms with E-state index in [0.717, 1.165) is 12.0 Å². The molecular formula is C21H22N4O4. The fourth-order valence-corrected chi connectivity index (χ4v) is 2.92. The summed E-state index contributed by atoms with van der Waals surface area (Å²) in [5.74, 6) is -0.512. The average molecular weight is 394 g/mol. The Morgan fingerprint density at radius 1 is 1.00 bits per heavy atom. The Kier molecular flexibility index (Phi) is 6.23. The van der Waals surface area contributed by atoms with Crippen molar-refractivity contribution in [2.24, 2.45) is 0 Å². The predicted octanol–water partition coefficient (Wildman–Crippen LogP) is 1.82. The smallest absolute Gasteiger partial charge is 0.290 e. The SMILES string of the molecule is CCc1ccccc1OCC(=O)NNC(=O)c1nn(CC)c(=O)c2ccccc12. The van der Waals surface area contributed by atoms with Gasteiger partial charge in [0.25, 0.3) is 17.4 Å². The van der Waals surface area contributed by atoms with Crippen LogP contribution in [0.5, 0.6) is 5.75 Å². The fourth-order valence-electron chi connectivity index (χ4n) is 2.92. The van der Waals surface area contributed by atoms with Gasteiger partial charge >= 0.3 is 0 Å². The van der Waals surface area contributed by atoms with Crippen molar-refractivity contribution in [1.82, 2.24) is 20.6 Å². The van der Waals surface area contributed by atoms with Crippen LogP contribution in [0.4, 0.5) is 0 Å². The molecule has 2 N–H and O–H groups in total. The van der Waals surface area contributed by atoms with Gasteiger partial charge < -0.3 is 4.74 Å². The summed E-state index contributed by atoms with van der Waals surface area (Å²) in [6, 6.07) is 14.2. The van der Waals surface area contributed by atoms with Crippen LogP contribution < -0.4 is 21.1 Å². The van der Waals surface area contributed by atoms with E-state index in [1.54, 1.807) is 37.3 Å². The van der Waals surface area contributed by atoms with Gasteiger partial charge in [-0.25, -0.2) is 4.68 Å². The highest BCUT2D eigenvalue weighted by atomic mass is 16.5. The molecule has 0 aliphatic carbocycles. The lowest BCUT2D eigenvalue weighted by atomic mass is 10.1. The van der Waals surface area contributed by atoms with E-state index >= 15 is 0 Å². The molecule has 0 atom stereocenters. The first kappa shape index (κ1) is 20.1. The zero-order valence-electron chi connectivity index (χ0n) is 16.3. The summed E-state index contributed by atoms with van der Waals surface area (Å²) in [4.78, 5) is 37.0. The molecule has 0 saturated carbocycles. The Labute approximate surface area is 167 Å². The van der Waals surface area contributed by atoms with Crippen LogP contribution in [0.3, 0.4) is 0 Å². The van der Waals surface area contributed by atoms with Crippen molar-refractivity contribution >= 4 is 22.6 Å². The summed E-state index contributed by atoms with van der Waals surface area (Å²) in [6.45, 7) is 3.83. The molecule has 0 radical (unpaired) electrons. The summed E-state index contributed by atoms with van der Waals surface area (Å²) >= 11 is 0. The number of para-hydroxylation sites is 1. The van der Waals surface area contributed by atoms with Gasteiger partial charge in [-0.05, 0) is 31.0 Å². The van der Waals surface area contributed by atoms with E-state index in [1.807, 2.05) is 25.1 Å². The molecule has 0 bridgehead atoms. The Morgan fingerprint density at radius 2 is 1.69 bits per heavy atom. The van der Waals surface area contributed by atoms with Gasteiger partial charge in [0.05, 0.1) is 5.39 Å². The number of hydrazine groups is 1. The number of rotatable bonds is 6. The molecule has 0 fully saturated rings. The van der Waals surface area contributed by atoms with Crippen molar-refractivity contribution in [3.8, 4) is 5.75 Å². The van der Waals surface area contributed by atoms with Crippen LogP contribution in [0.25, 0.3) is 10.8 Å². The van der Waals surface area contributed by atoms with E-state index in [1.165, 1.54) is 4.68 Å². The summed E-state index contributed by atoms with van der Waals surface area (Å²) < 4.78 is 6.74. The molecule has 3 aromatic rings. The zero-order chi connectivity index (χ0) is 20.8. The van der Waals surface area contributed by atoms with Gasteiger partial charge in [-0.1, -0.05) is 43.3 Å². The lowest BCUT2D eigenvalue weighted by Crippen LogP contribution is -2.44. The van der Waals surface area contributed by atoms with Crippen molar-refractivity contribution in [2.75, 3.05) is 6.61 Å². The van der Waals surface area contributed by atoms with Gasteiger partial charge in [0.15, 0.2) is 12.3 Å². The quantitative estimate of drug-likeness (QED) is 0.621. The number of ether oxygens (including phenoxy) is 1. The minimum atomic E-state index is -0.620. The van der Waals surface area contributed by atoms with Crippen molar-refractivity contribution in [1.29, 1.82) is 0 Å². The third kappa shape index (κ3) is 4.43. The summed E-state index contributed by atoms with van der Waals surface area (Å²) in [5.41, 5.74) is 5.42. The monoisotopic (exact) mass is 394 g/mol. The highest BCUT2D eigenvalue weighted by Crippen LogP contribution is 2.18. The number of nitrogens with zero attached hydrogens (tertiary/aromatic N) is 2. The van der Waals surface area contributed by atoms with Crippen LogP contribution in [0.1, 0.15) is 29.9 Å². The number of carbonyl (C=O) groups excluding carboxylic acids is 2. The molecule has 1 aromatic heterocycles. The van der Waals surface area contributed by atoms with Gasteiger partial charge in [0.1, 0.15) is 5.75 Å². The van der Waals surface area contributed by atoms with E-state index in [4.69, 9.17) is 4.74 Å². The largest absolute Gasteiger partial charge is 0.483 e. The molecule has 0 spiro atoms. The first-order valence-corrected chi connectivity index (χ1v) is 9.34. The van der Waals surface area contributed by atoms with Crippen LogP contribution in [0, 0.1) is 0 Å². The van der Waals surface area contributed by atoms with Crippen molar-refractivity contribution in [2.45, 2.75) is 26.8 Å². The van der Waals surface area contributed by atoms with Crippen LogP contribution in [-0.4, -0.2) is 28.2 Å². The molecule has 1 heterocycles. The van der Waals surface area contributed by atoms with Gasteiger partial charge in [-0.2, -0.15) is 5.10 Å². The third-order valence-electron chi connectivity index (χ3n) is 4.41. The number of carbonyl (C=O) groups is 2. The first-order chi connectivity index (χ1) is 14.0. The van der Waals surface area contributed by atoms with Gasteiger partial charge in [0.2, 0.25) is 0 Å². The van der Waals surface area contributed by atoms with E-state index in [-0.39, 0.29) is 17.9 Å². The van der Waals surface area contributed by atoms with Gasteiger partial charge in [-0.15, -0.1) is 0 Å². The summed E-state index contributed by atoms with van der Waals surface area (Å²) in [6.07, 6.45) is 0.778. The topological polar surface area (TPSA) is 102 Å². The van der Waals surface area contributed by atoms with Gasteiger partial charge in [-0.3, -0.25) is 25.2 Å². The highest BCUT2D eigenvalue weighted by molar-refractivity contribution is 6.05. The number of hydrogen-bond acceptors (Lipinski definition) is 5. The number of hydrogen-bond donors (Lipinski definition) is 2. The normalized spacial score (nSPS) is 10.6. The minimum Gasteiger partial charge on any atom is -0.483 e. The van der Waals surface area contributed by atoms with E-state index in [9.17, 15) is 14.4 Å². The molecule has 8 nitrogen and oxygen atoms in total. The average Bonchev–Trinajstić information content (AvgIpc) is 2.76. The number of aryl methyl sites for hydroxylation is 2. The molecule has 0 aliphatic rings. The number of nitrogens with one attached hydrogen (secondary N) is 2. The molecule has 0 saturated heterocycles. The van der Waals surface area contributed by atoms with E-state index in [2.05, 4.69) is 16.0 Å². The maximum Gasteiger partial charge on any atom is 0.290 e. The molecule has 2 amide bonds. The van der Waals surface area contributed by atoms with Crippen LogP contribution >= 0.6 is 0 Å². The van der Waals surface area contributed by atoms with Crippen LogP contribution in [0.15, 0.2) is 53.3 Å². The van der Waals surface area contributed by atoms with E-state index in [0.29, 0.717) is 23.1 Å². The molecule has 150 valence electrons. The second kappa shape index (κ2) is 9.01. The summed E-state index contributed by atoms with van der Waals surface area (Å²) in [7, 11) is 0. The fraction of sp³-hybridized carbons (Fsp3) is 0.238. The maximum atomic E-state index is 12.6. The molecule has 0 unspecified atom stereocenters. The molecule has 3 rings (SSSR count). The minimum absolute atomic E-state index is 0.0552. The molecule has 29 heavy (non-hydrogen) atoms. The van der Waals surface area contributed by atoms with E-state index < -0.39 is 11.8 Å². The lowest BCUT2D eigenvalue weighted by Gasteiger charge is -2.12. The predicted molar refractivity (Wildman–Crippen MR) is 109 cm³/mol. The lowest BCUT2D eigenvalue weighted by molar-refractivity contribution is -0.123. The second-order valence-corrected chi connectivity index (χ2v) is 6.27. The Bertz CT molecular complexity index is 1110. The van der Waals surface area contributed by atoms with Crippen molar-refractivity contribution in [3.05, 3.63) is 70.1 Å². The Morgan fingerprint density at radius 3 is 2.41 bits per heavy atom. The van der Waals surface area contributed by atoms with Crippen molar-refractivity contribution in [3.63, 3.8) is 0 Å². The number of amides is 2. The molecule has 8 heteroatoms. The molecule has 0 aliphatic heterocycles. The zero-order valence-corrected chi connectivity index (χ0v) is 16.3. The third-order valence-corrected chi connectivity index (χ3v) is 4.41. The number of benzene rings is 2. The molecular weight excluding hydrogens is 372 g/mol. The second-order valence-electron chi connectivity index (χ2n) is 6.27. The standard InChI is InChI=1S/C21H22N4O4/c1-3-14-9-5-8-12-17(14)29-13-18(26)22-23-20(27)19-15-10-6-7-11-16(15)21(28)25(4-2)24-19/h5-12H,3-4,13H2,1-2H3,(H,22,26)(H,23,27).